The Balaban J connectivity index is 2.09. The zero-order chi connectivity index (χ0) is 13.7. The molecule has 0 amide bonds. The van der Waals surface area contributed by atoms with Crippen LogP contribution in [0.1, 0.15) is 16.5 Å². The zero-order valence-electron chi connectivity index (χ0n) is 10.4. The van der Waals surface area contributed by atoms with Crippen LogP contribution >= 0.6 is 22.9 Å². The first-order valence-electron chi connectivity index (χ1n) is 5.80. The van der Waals surface area contributed by atoms with Crippen LogP contribution in [0, 0.1) is 0 Å². The van der Waals surface area contributed by atoms with Crippen LogP contribution in [0.15, 0.2) is 41.8 Å². The number of thiophene rings is 1. The fourth-order valence-electron chi connectivity index (χ4n) is 1.75. The highest BCUT2D eigenvalue weighted by molar-refractivity contribution is 7.10. The predicted molar refractivity (Wildman–Crippen MR) is 77.4 cm³/mol. The molecule has 3 nitrogen and oxygen atoms in total. The van der Waals surface area contributed by atoms with Gasteiger partial charge in [-0.25, -0.2) is 4.79 Å². The van der Waals surface area contributed by atoms with Crippen molar-refractivity contribution in [1.82, 2.24) is 5.32 Å². The van der Waals surface area contributed by atoms with E-state index in [9.17, 15) is 4.79 Å². The third kappa shape index (κ3) is 3.80. The standard InChI is InChI=1S/C14H14ClNO2S/c1-18-14(17)13(10-5-3-2-4-6-10)16-8-12-7-11(15)9-19-12/h2-7,9,13,16H,8H2,1H3/t13-/m1/s1. The highest BCUT2D eigenvalue weighted by Crippen LogP contribution is 2.21. The molecule has 5 heteroatoms. The largest absolute Gasteiger partial charge is 0.468 e. The average Bonchev–Trinajstić information content (AvgIpc) is 2.85. The van der Waals surface area contributed by atoms with Crippen LogP contribution < -0.4 is 5.32 Å². The molecular weight excluding hydrogens is 282 g/mol. The van der Waals surface area contributed by atoms with E-state index in [1.165, 1.54) is 7.11 Å². The van der Waals surface area contributed by atoms with Gasteiger partial charge in [-0.3, -0.25) is 5.32 Å². The molecule has 2 aromatic rings. The topological polar surface area (TPSA) is 38.3 Å². The van der Waals surface area contributed by atoms with Gasteiger partial charge in [0.2, 0.25) is 0 Å². The third-order valence-electron chi connectivity index (χ3n) is 2.67. The van der Waals surface area contributed by atoms with Crippen molar-refractivity contribution in [3.8, 4) is 0 Å². The Labute approximate surface area is 121 Å². The number of carbonyl (C=O) groups is 1. The molecule has 0 spiro atoms. The van der Waals surface area contributed by atoms with Gasteiger partial charge in [0.25, 0.3) is 0 Å². The van der Waals surface area contributed by atoms with Crippen LogP contribution in [0.25, 0.3) is 0 Å². The summed E-state index contributed by atoms with van der Waals surface area (Å²) in [4.78, 5) is 12.9. The van der Waals surface area contributed by atoms with E-state index < -0.39 is 6.04 Å². The number of methoxy groups -OCH3 is 1. The summed E-state index contributed by atoms with van der Waals surface area (Å²) < 4.78 is 4.84. The number of rotatable bonds is 5. The number of nitrogens with one attached hydrogen (secondary N) is 1. The summed E-state index contributed by atoms with van der Waals surface area (Å²) in [6.07, 6.45) is 0. The third-order valence-corrected chi connectivity index (χ3v) is 3.96. The maximum absolute atomic E-state index is 11.8. The number of hydrogen-bond acceptors (Lipinski definition) is 4. The summed E-state index contributed by atoms with van der Waals surface area (Å²) in [5.74, 6) is -0.297. The number of hydrogen-bond donors (Lipinski definition) is 1. The molecule has 1 N–H and O–H groups in total. The summed E-state index contributed by atoms with van der Waals surface area (Å²) in [6, 6.07) is 10.9. The molecular formula is C14H14ClNO2S. The van der Waals surface area contributed by atoms with E-state index >= 15 is 0 Å². The van der Waals surface area contributed by atoms with E-state index in [1.807, 2.05) is 41.8 Å². The van der Waals surface area contributed by atoms with Crippen molar-refractivity contribution < 1.29 is 9.53 Å². The fraction of sp³-hybridized carbons (Fsp3) is 0.214. The van der Waals surface area contributed by atoms with Crippen molar-refractivity contribution in [1.29, 1.82) is 0 Å². The minimum absolute atomic E-state index is 0.297. The van der Waals surface area contributed by atoms with Crippen molar-refractivity contribution in [2.24, 2.45) is 0 Å². The smallest absolute Gasteiger partial charge is 0.327 e. The Kier molecular flexibility index (Phi) is 4.96. The Morgan fingerprint density at radius 2 is 2.16 bits per heavy atom. The van der Waals surface area contributed by atoms with E-state index in [-0.39, 0.29) is 5.97 Å². The van der Waals surface area contributed by atoms with Crippen LogP contribution in [-0.2, 0) is 16.1 Å². The summed E-state index contributed by atoms with van der Waals surface area (Å²) >= 11 is 7.43. The zero-order valence-corrected chi connectivity index (χ0v) is 12.0. The van der Waals surface area contributed by atoms with Crippen molar-refractivity contribution in [2.45, 2.75) is 12.6 Å². The lowest BCUT2D eigenvalue weighted by molar-refractivity contribution is -0.143. The number of benzene rings is 1. The molecule has 0 radical (unpaired) electrons. The van der Waals surface area contributed by atoms with Gasteiger partial charge in [-0.05, 0) is 11.6 Å². The highest BCUT2D eigenvalue weighted by atomic mass is 35.5. The van der Waals surface area contributed by atoms with E-state index in [2.05, 4.69) is 5.32 Å². The summed E-state index contributed by atoms with van der Waals surface area (Å²) in [5, 5.41) is 5.78. The Bertz CT molecular complexity index is 541. The van der Waals surface area contributed by atoms with Crippen LogP contribution in [-0.4, -0.2) is 13.1 Å². The second kappa shape index (κ2) is 6.70. The fourth-order valence-corrected chi connectivity index (χ4v) is 2.77. The van der Waals surface area contributed by atoms with Gasteiger partial charge in [0, 0.05) is 16.8 Å². The van der Waals surface area contributed by atoms with Gasteiger partial charge in [0.1, 0.15) is 6.04 Å². The molecule has 1 aromatic carbocycles. The van der Waals surface area contributed by atoms with Gasteiger partial charge in [-0.15, -0.1) is 11.3 Å². The van der Waals surface area contributed by atoms with E-state index in [4.69, 9.17) is 16.3 Å². The maximum Gasteiger partial charge on any atom is 0.327 e. The van der Waals surface area contributed by atoms with Crippen LogP contribution in [0.3, 0.4) is 0 Å². The Morgan fingerprint density at radius 3 is 2.74 bits per heavy atom. The summed E-state index contributed by atoms with van der Waals surface area (Å²) in [7, 11) is 1.39. The molecule has 0 aliphatic rings. The van der Waals surface area contributed by atoms with E-state index in [1.54, 1.807) is 11.3 Å². The molecule has 2 rings (SSSR count). The lowest BCUT2D eigenvalue weighted by Gasteiger charge is -2.16. The minimum atomic E-state index is -0.466. The molecule has 0 saturated heterocycles. The highest BCUT2D eigenvalue weighted by Gasteiger charge is 2.20. The summed E-state index contributed by atoms with van der Waals surface area (Å²) in [6.45, 7) is 0.575. The molecule has 1 aromatic heterocycles. The van der Waals surface area contributed by atoms with Gasteiger partial charge >= 0.3 is 5.97 Å². The van der Waals surface area contributed by atoms with Crippen molar-refractivity contribution >= 4 is 28.9 Å². The molecule has 0 saturated carbocycles. The van der Waals surface area contributed by atoms with Gasteiger partial charge in [0.15, 0.2) is 0 Å². The first-order valence-corrected chi connectivity index (χ1v) is 7.05. The Morgan fingerprint density at radius 1 is 1.42 bits per heavy atom. The second-order valence-corrected chi connectivity index (χ2v) is 5.41. The molecule has 0 aliphatic heterocycles. The first-order chi connectivity index (χ1) is 9.20. The maximum atomic E-state index is 11.8. The average molecular weight is 296 g/mol. The van der Waals surface area contributed by atoms with Crippen molar-refractivity contribution in [2.75, 3.05) is 7.11 Å². The molecule has 1 heterocycles. The second-order valence-electron chi connectivity index (χ2n) is 3.98. The van der Waals surface area contributed by atoms with Crippen LogP contribution in [0.5, 0.6) is 0 Å². The normalized spacial score (nSPS) is 12.1. The lowest BCUT2D eigenvalue weighted by Crippen LogP contribution is -2.29. The van der Waals surface area contributed by atoms with Crippen molar-refractivity contribution in [3.63, 3.8) is 0 Å². The summed E-state index contributed by atoms with van der Waals surface area (Å²) in [5.41, 5.74) is 0.886. The van der Waals surface area contributed by atoms with E-state index in [0.717, 1.165) is 15.5 Å². The Hall–Kier alpha value is -1.36. The van der Waals surface area contributed by atoms with Crippen LogP contribution in [0.4, 0.5) is 0 Å². The van der Waals surface area contributed by atoms with Gasteiger partial charge in [-0.1, -0.05) is 41.9 Å². The van der Waals surface area contributed by atoms with Crippen LogP contribution in [0.2, 0.25) is 5.02 Å². The SMILES string of the molecule is COC(=O)[C@H](NCc1cc(Cl)cs1)c1ccccc1. The number of carbonyl (C=O) groups excluding carboxylic acids is 1. The van der Waals surface area contributed by atoms with E-state index in [0.29, 0.717) is 6.54 Å². The van der Waals surface area contributed by atoms with Gasteiger partial charge < -0.3 is 4.74 Å². The first kappa shape index (κ1) is 14.1. The van der Waals surface area contributed by atoms with Gasteiger partial charge in [0.05, 0.1) is 12.1 Å². The van der Waals surface area contributed by atoms with Crippen molar-refractivity contribution in [3.05, 3.63) is 57.2 Å². The molecule has 0 fully saturated rings. The quantitative estimate of drug-likeness (QED) is 0.859. The molecule has 0 aliphatic carbocycles. The predicted octanol–water partition coefficient (Wildman–Crippen LogP) is 3.41. The number of halogens is 1. The molecule has 100 valence electrons. The minimum Gasteiger partial charge on any atom is -0.468 e. The lowest BCUT2D eigenvalue weighted by atomic mass is 10.1. The molecule has 1 atom stereocenters. The van der Waals surface area contributed by atoms with Gasteiger partial charge in [-0.2, -0.15) is 0 Å². The number of ether oxygens (including phenoxy) is 1. The molecule has 0 unspecified atom stereocenters. The molecule has 0 bridgehead atoms. The molecule has 19 heavy (non-hydrogen) atoms. The number of esters is 1. The monoisotopic (exact) mass is 295 g/mol.